The van der Waals surface area contributed by atoms with Gasteiger partial charge in [0, 0.05) is 0 Å². The molecule has 0 heterocycles. The molecule has 0 fully saturated rings. The fourth-order valence-corrected chi connectivity index (χ4v) is 3.64. The lowest BCUT2D eigenvalue weighted by Gasteiger charge is -2.02. The fraction of sp³-hybridized carbons (Fsp3) is 0.400. The lowest BCUT2D eigenvalue weighted by atomic mass is 10.0. The molecule has 0 aliphatic rings. The van der Waals surface area contributed by atoms with Crippen LogP contribution in [0.25, 0.3) is 0 Å². The van der Waals surface area contributed by atoms with Crippen molar-refractivity contribution in [1.82, 2.24) is 0 Å². The van der Waals surface area contributed by atoms with E-state index in [1.807, 2.05) is 0 Å². The van der Waals surface area contributed by atoms with Crippen molar-refractivity contribution in [2.24, 2.45) is 0 Å². The Bertz CT molecular complexity index is 1140. The smallest absolute Gasteiger partial charge is 0.336 e. The average molecular weight is 591 g/mol. The normalized spacial score (nSPS) is 9.86. The minimum Gasteiger partial charge on any atom is -0.478 e. The number of unbranched alkanes of at least 4 members (excludes halogenated alkanes) is 9. The van der Waals surface area contributed by atoms with Gasteiger partial charge in [-0.25, -0.2) is 28.8 Å². The van der Waals surface area contributed by atoms with E-state index in [0.717, 1.165) is 36.4 Å². The highest BCUT2D eigenvalue weighted by Gasteiger charge is 2.19. The van der Waals surface area contributed by atoms with Gasteiger partial charge in [-0.3, -0.25) is 0 Å². The van der Waals surface area contributed by atoms with Crippen molar-refractivity contribution in [3.05, 3.63) is 69.8 Å². The Morgan fingerprint density at radius 3 is 0.881 bits per heavy atom. The van der Waals surface area contributed by atoms with Gasteiger partial charge in [0.2, 0.25) is 0 Å². The van der Waals surface area contributed by atoms with Crippen LogP contribution in [0.2, 0.25) is 0 Å². The van der Waals surface area contributed by atoms with E-state index in [-0.39, 0.29) is 11.1 Å². The zero-order chi connectivity index (χ0) is 32.2. The summed E-state index contributed by atoms with van der Waals surface area (Å²) in [6.45, 7) is 4.56. The summed E-state index contributed by atoms with van der Waals surface area (Å²) in [5.41, 5.74) is -2.49. The molecule has 0 aliphatic heterocycles. The number of aromatic carboxylic acids is 6. The molecule has 0 saturated carbocycles. The maximum atomic E-state index is 10.6. The number of carboxylic acid groups (broad SMARTS) is 6. The molecule has 0 aliphatic carbocycles. The summed E-state index contributed by atoms with van der Waals surface area (Å²) in [5.74, 6) is -8.40. The highest BCUT2D eigenvalue weighted by atomic mass is 16.4. The number of hydrogen-bond donors (Lipinski definition) is 6. The number of benzene rings is 2. The Hall–Kier alpha value is -4.74. The summed E-state index contributed by atoms with van der Waals surface area (Å²) < 4.78 is 0. The fourth-order valence-electron chi connectivity index (χ4n) is 3.64. The molecule has 0 amide bonds. The maximum absolute atomic E-state index is 10.6. The van der Waals surface area contributed by atoms with Crippen molar-refractivity contribution in [2.75, 3.05) is 0 Å². The van der Waals surface area contributed by atoms with Crippen LogP contribution in [0.5, 0.6) is 0 Å². The molecule has 0 spiro atoms. The molecule has 0 saturated heterocycles. The van der Waals surface area contributed by atoms with E-state index in [2.05, 4.69) is 13.8 Å². The lowest BCUT2D eigenvalue weighted by molar-refractivity contribution is 0.0648. The number of carboxylic acids is 6. The molecule has 0 aromatic heterocycles. The molecule has 6 N–H and O–H groups in total. The molecular weight excluding hydrogens is 552 g/mol. The SMILES string of the molecule is CCCCCCCCCCCC.O=C(O)c1ccc(C(=O)O)c(C(=O)O)c1.O=C(O)c1ccc(C(=O)O)c(C(=O)O)c1. The van der Waals surface area contributed by atoms with Crippen LogP contribution in [0, 0.1) is 0 Å². The zero-order valence-electron chi connectivity index (χ0n) is 23.7. The topological polar surface area (TPSA) is 224 Å². The first-order valence-electron chi connectivity index (χ1n) is 13.5. The van der Waals surface area contributed by atoms with Crippen LogP contribution in [0.1, 0.15) is 140 Å². The third-order valence-electron chi connectivity index (χ3n) is 5.91. The van der Waals surface area contributed by atoms with Crippen molar-refractivity contribution >= 4 is 35.8 Å². The molecule has 2 rings (SSSR count). The van der Waals surface area contributed by atoms with Crippen molar-refractivity contribution in [1.29, 1.82) is 0 Å². The van der Waals surface area contributed by atoms with Crippen LogP contribution in [-0.2, 0) is 0 Å². The molecule has 42 heavy (non-hydrogen) atoms. The van der Waals surface area contributed by atoms with Gasteiger partial charge >= 0.3 is 35.8 Å². The highest BCUT2D eigenvalue weighted by Crippen LogP contribution is 2.14. The first-order chi connectivity index (χ1) is 19.8. The second-order valence-corrected chi connectivity index (χ2v) is 9.18. The molecule has 12 heteroatoms. The second-order valence-electron chi connectivity index (χ2n) is 9.18. The van der Waals surface area contributed by atoms with Crippen LogP contribution in [-0.4, -0.2) is 66.5 Å². The molecule has 0 radical (unpaired) electrons. The third kappa shape index (κ3) is 14.1. The first kappa shape index (κ1) is 37.3. The van der Waals surface area contributed by atoms with E-state index >= 15 is 0 Å². The maximum Gasteiger partial charge on any atom is 0.336 e. The molecule has 0 unspecified atom stereocenters. The monoisotopic (exact) mass is 590 g/mol. The zero-order valence-corrected chi connectivity index (χ0v) is 23.7. The Balaban J connectivity index is 0.000000606. The molecule has 0 atom stereocenters. The van der Waals surface area contributed by atoms with Gasteiger partial charge in [0.05, 0.1) is 33.4 Å². The van der Waals surface area contributed by atoms with Crippen LogP contribution in [0.3, 0.4) is 0 Å². The summed E-state index contributed by atoms with van der Waals surface area (Å²) in [5, 5.41) is 51.8. The van der Waals surface area contributed by atoms with Crippen molar-refractivity contribution < 1.29 is 59.4 Å². The molecule has 12 nitrogen and oxygen atoms in total. The van der Waals surface area contributed by atoms with Gasteiger partial charge in [0.1, 0.15) is 0 Å². The van der Waals surface area contributed by atoms with E-state index in [4.69, 9.17) is 30.6 Å². The second kappa shape index (κ2) is 20.2. The molecule has 230 valence electrons. The van der Waals surface area contributed by atoms with Gasteiger partial charge in [-0.15, -0.1) is 0 Å². The standard InChI is InChI=1S/C12H26.2C9H6O6/c1-3-5-7-9-11-12-10-8-6-4-2;2*10-7(11)4-1-2-5(8(12)13)6(3-4)9(14)15/h3-12H2,1-2H3;2*1-3H,(H,10,11)(H,12,13)(H,14,15). The summed E-state index contributed by atoms with van der Waals surface area (Å²) in [7, 11) is 0. The first-order valence-corrected chi connectivity index (χ1v) is 13.5. The number of rotatable bonds is 15. The third-order valence-corrected chi connectivity index (χ3v) is 5.91. The molecule has 0 bridgehead atoms. The van der Waals surface area contributed by atoms with Gasteiger partial charge in [-0.1, -0.05) is 78.1 Å². The Labute approximate surface area is 243 Å². The molecular formula is C30H38O12. The predicted molar refractivity (Wildman–Crippen MR) is 152 cm³/mol. The van der Waals surface area contributed by atoms with Gasteiger partial charge in [0.25, 0.3) is 0 Å². The van der Waals surface area contributed by atoms with Gasteiger partial charge in [-0.2, -0.15) is 0 Å². The van der Waals surface area contributed by atoms with E-state index < -0.39 is 58.1 Å². The summed E-state index contributed by atoms with van der Waals surface area (Å²) in [4.78, 5) is 63.5. The Morgan fingerprint density at radius 2 is 0.667 bits per heavy atom. The lowest BCUT2D eigenvalue weighted by Crippen LogP contribution is -2.10. The summed E-state index contributed by atoms with van der Waals surface area (Å²) >= 11 is 0. The van der Waals surface area contributed by atoms with E-state index in [0.29, 0.717) is 0 Å². The van der Waals surface area contributed by atoms with Gasteiger partial charge in [-0.05, 0) is 36.4 Å². The van der Waals surface area contributed by atoms with Crippen molar-refractivity contribution in [3.8, 4) is 0 Å². The minimum absolute atomic E-state index is 0.266. The number of hydrogen-bond acceptors (Lipinski definition) is 6. The van der Waals surface area contributed by atoms with Crippen LogP contribution < -0.4 is 0 Å². The highest BCUT2D eigenvalue weighted by molar-refractivity contribution is 6.04. The van der Waals surface area contributed by atoms with Gasteiger partial charge < -0.3 is 30.6 Å². The van der Waals surface area contributed by atoms with E-state index in [1.54, 1.807) is 0 Å². The minimum atomic E-state index is -1.48. The van der Waals surface area contributed by atoms with Gasteiger partial charge in [0.15, 0.2) is 0 Å². The molecule has 2 aromatic rings. The van der Waals surface area contributed by atoms with E-state index in [9.17, 15) is 28.8 Å². The van der Waals surface area contributed by atoms with E-state index in [1.165, 1.54) is 64.2 Å². The summed E-state index contributed by atoms with van der Waals surface area (Å²) in [6.07, 6.45) is 14.4. The Morgan fingerprint density at radius 1 is 0.405 bits per heavy atom. The van der Waals surface area contributed by atoms with Crippen molar-refractivity contribution in [3.63, 3.8) is 0 Å². The van der Waals surface area contributed by atoms with Crippen molar-refractivity contribution in [2.45, 2.75) is 78.1 Å². The largest absolute Gasteiger partial charge is 0.478 e. The summed E-state index contributed by atoms with van der Waals surface area (Å²) in [6, 6.07) is 5.61. The Kier molecular flexibility index (Phi) is 17.9. The van der Waals surface area contributed by atoms with Crippen LogP contribution in [0.4, 0.5) is 0 Å². The van der Waals surface area contributed by atoms with Crippen LogP contribution in [0.15, 0.2) is 36.4 Å². The quantitative estimate of drug-likeness (QED) is 0.122. The number of carbonyl (C=O) groups is 6. The predicted octanol–water partition coefficient (Wildman–Crippen LogP) is 6.49. The average Bonchev–Trinajstić information content (AvgIpc) is 2.94. The molecule has 2 aromatic carbocycles. The van der Waals surface area contributed by atoms with Crippen LogP contribution >= 0.6 is 0 Å².